The molecule has 1 aliphatic rings. The highest BCUT2D eigenvalue weighted by molar-refractivity contribution is 7.08. The Kier molecular flexibility index (Phi) is 5.32. The number of hydrogen-bond acceptors (Lipinski definition) is 4. The summed E-state index contributed by atoms with van der Waals surface area (Å²) in [4.78, 5) is 36.1. The molecule has 114 valence electrons. The number of carboxylic acid groups (broad SMARTS) is 1. The first-order valence-corrected chi connectivity index (χ1v) is 7.86. The van der Waals surface area contributed by atoms with E-state index in [-0.39, 0.29) is 18.2 Å². The fraction of sp³-hybridized carbons (Fsp3) is 0.500. The summed E-state index contributed by atoms with van der Waals surface area (Å²) in [6.07, 6.45) is 2.03. The topological polar surface area (TPSA) is 86.7 Å². The van der Waals surface area contributed by atoms with Crippen molar-refractivity contribution >= 4 is 29.1 Å². The monoisotopic (exact) mass is 310 g/mol. The molecular formula is C14H18N2O4S. The SMILES string of the molecule is O=C(NCCCC(=O)N1CCC[C@@H]1C(=O)O)c1ccsc1. The maximum Gasteiger partial charge on any atom is 0.326 e. The zero-order valence-electron chi connectivity index (χ0n) is 11.6. The Bertz CT molecular complexity index is 515. The number of amides is 2. The van der Waals surface area contributed by atoms with E-state index in [1.54, 1.807) is 11.4 Å². The molecule has 2 amide bonds. The Morgan fingerprint density at radius 2 is 2.24 bits per heavy atom. The van der Waals surface area contributed by atoms with Gasteiger partial charge in [-0.25, -0.2) is 4.79 Å². The fourth-order valence-corrected chi connectivity index (χ4v) is 3.04. The summed E-state index contributed by atoms with van der Waals surface area (Å²) in [6, 6.07) is 1.06. The zero-order valence-corrected chi connectivity index (χ0v) is 12.4. The number of aliphatic carboxylic acids is 1. The second kappa shape index (κ2) is 7.21. The van der Waals surface area contributed by atoms with Crippen LogP contribution in [0.2, 0.25) is 0 Å². The van der Waals surface area contributed by atoms with Crippen molar-refractivity contribution in [1.29, 1.82) is 0 Å². The van der Waals surface area contributed by atoms with Crippen LogP contribution in [0.15, 0.2) is 16.8 Å². The van der Waals surface area contributed by atoms with E-state index in [1.807, 2.05) is 5.38 Å². The molecule has 1 aromatic rings. The average Bonchev–Trinajstić information content (AvgIpc) is 3.12. The van der Waals surface area contributed by atoms with Crippen LogP contribution < -0.4 is 5.32 Å². The smallest absolute Gasteiger partial charge is 0.326 e. The fourth-order valence-electron chi connectivity index (χ4n) is 2.40. The van der Waals surface area contributed by atoms with Crippen LogP contribution in [-0.4, -0.2) is 46.9 Å². The lowest BCUT2D eigenvalue weighted by Gasteiger charge is -2.21. The van der Waals surface area contributed by atoms with E-state index in [0.717, 1.165) is 6.42 Å². The van der Waals surface area contributed by atoms with Crippen LogP contribution in [0.1, 0.15) is 36.0 Å². The van der Waals surface area contributed by atoms with E-state index in [9.17, 15) is 14.4 Å². The van der Waals surface area contributed by atoms with Crippen molar-refractivity contribution in [3.05, 3.63) is 22.4 Å². The van der Waals surface area contributed by atoms with E-state index in [0.29, 0.717) is 31.5 Å². The van der Waals surface area contributed by atoms with Crippen LogP contribution in [0, 0.1) is 0 Å². The summed E-state index contributed by atoms with van der Waals surface area (Å²) in [5.74, 6) is -1.23. The molecule has 1 saturated heterocycles. The second-order valence-corrected chi connectivity index (χ2v) is 5.73. The van der Waals surface area contributed by atoms with Gasteiger partial charge < -0.3 is 15.3 Å². The van der Waals surface area contributed by atoms with E-state index < -0.39 is 12.0 Å². The molecule has 2 heterocycles. The van der Waals surface area contributed by atoms with E-state index in [4.69, 9.17) is 5.11 Å². The summed E-state index contributed by atoms with van der Waals surface area (Å²) in [5, 5.41) is 15.4. The molecule has 0 aromatic carbocycles. The Labute approximate surface area is 126 Å². The summed E-state index contributed by atoms with van der Waals surface area (Å²) in [6.45, 7) is 0.920. The van der Waals surface area contributed by atoms with Gasteiger partial charge in [0.1, 0.15) is 6.04 Å². The van der Waals surface area contributed by atoms with Gasteiger partial charge in [0.2, 0.25) is 5.91 Å². The quantitative estimate of drug-likeness (QED) is 0.776. The minimum absolute atomic E-state index is 0.145. The van der Waals surface area contributed by atoms with Gasteiger partial charge in [-0.2, -0.15) is 11.3 Å². The number of rotatable bonds is 6. The number of carbonyl (C=O) groups excluding carboxylic acids is 2. The first-order valence-electron chi connectivity index (χ1n) is 6.92. The van der Waals surface area contributed by atoms with Gasteiger partial charge in [0.25, 0.3) is 5.91 Å². The van der Waals surface area contributed by atoms with Gasteiger partial charge in [0, 0.05) is 30.5 Å². The molecule has 0 unspecified atom stereocenters. The van der Waals surface area contributed by atoms with Crippen molar-refractivity contribution in [3.8, 4) is 0 Å². The Morgan fingerprint density at radius 3 is 2.90 bits per heavy atom. The lowest BCUT2D eigenvalue weighted by atomic mass is 10.2. The van der Waals surface area contributed by atoms with Gasteiger partial charge in [-0.1, -0.05) is 0 Å². The van der Waals surface area contributed by atoms with Crippen molar-refractivity contribution in [2.45, 2.75) is 31.7 Å². The molecule has 1 atom stereocenters. The molecule has 21 heavy (non-hydrogen) atoms. The number of thiophene rings is 1. The highest BCUT2D eigenvalue weighted by atomic mass is 32.1. The van der Waals surface area contributed by atoms with Crippen LogP contribution in [-0.2, 0) is 9.59 Å². The largest absolute Gasteiger partial charge is 0.480 e. The van der Waals surface area contributed by atoms with E-state index in [1.165, 1.54) is 16.2 Å². The summed E-state index contributed by atoms with van der Waals surface area (Å²) >= 11 is 1.45. The molecule has 0 spiro atoms. The molecule has 1 aromatic heterocycles. The average molecular weight is 310 g/mol. The van der Waals surface area contributed by atoms with Crippen LogP contribution >= 0.6 is 11.3 Å². The molecular weight excluding hydrogens is 292 g/mol. The van der Waals surface area contributed by atoms with Crippen molar-refractivity contribution in [3.63, 3.8) is 0 Å². The third kappa shape index (κ3) is 4.04. The minimum Gasteiger partial charge on any atom is -0.480 e. The predicted octanol–water partition coefficient (Wildman–Crippen LogP) is 1.33. The van der Waals surface area contributed by atoms with Gasteiger partial charge in [-0.3, -0.25) is 9.59 Å². The summed E-state index contributed by atoms with van der Waals surface area (Å²) in [5.41, 5.74) is 0.622. The number of carboxylic acids is 1. The van der Waals surface area contributed by atoms with Gasteiger partial charge in [0.05, 0.1) is 0 Å². The normalized spacial score (nSPS) is 17.7. The number of nitrogens with one attached hydrogen (secondary N) is 1. The van der Waals surface area contributed by atoms with Gasteiger partial charge in [-0.15, -0.1) is 0 Å². The lowest BCUT2D eigenvalue weighted by Crippen LogP contribution is -2.40. The third-order valence-electron chi connectivity index (χ3n) is 3.49. The highest BCUT2D eigenvalue weighted by Gasteiger charge is 2.33. The Morgan fingerprint density at radius 1 is 1.43 bits per heavy atom. The number of likely N-dealkylation sites (tertiary alicyclic amines) is 1. The first-order chi connectivity index (χ1) is 10.1. The maximum absolute atomic E-state index is 12.0. The van der Waals surface area contributed by atoms with E-state index >= 15 is 0 Å². The molecule has 0 saturated carbocycles. The molecule has 2 N–H and O–H groups in total. The van der Waals surface area contributed by atoms with Crippen LogP contribution in [0.5, 0.6) is 0 Å². The summed E-state index contributed by atoms with van der Waals surface area (Å²) < 4.78 is 0. The van der Waals surface area contributed by atoms with Crippen molar-refractivity contribution in [2.24, 2.45) is 0 Å². The molecule has 6 nitrogen and oxygen atoms in total. The molecule has 1 fully saturated rings. The van der Waals surface area contributed by atoms with Gasteiger partial charge in [-0.05, 0) is 30.7 Å². The lowest BCUT2D eigenvalue weighted by molar-refractivity contribution is -0.148. The standard InChI is InChI=1S/C14H18N2O4S/c17-12(16-7-2-3-11(16)14(19)20)4-1-6-15-13(18)10-5-8-21-9-10/h5,8-9,11H,1-4,6-7H2,(H,15,18)(H,19,20)/t11-/m1/s1. The number of hydrogen-bond donors (Lipinski definition) is 2. The van der Waals surface area contributed by atoms with Crippen molar-refractivity contribution in [2.75, 3.05) is 13.1 Å². The molecule has 0 aliphatic carbocycles. The second-order valence-electron chi connectivity index (χ2n) is 4.95. The first kappa shape index (κ1) is 15.5. The number of nitrogens with zero attached hydrogens (tertiary/aromatic N) is 1. The van der Waals surface area contributed by atoms with Gasteiger partial charge in [0.15, 0.2) is 0 Å². The van der Waals surface area contributed by atoms with Crippen molar-refractivity contribution in [1.82, 2.24) is 10.2 Å². The summed E-state index contributed by atoms with van der Waals surface area (Å²) in [7, 11) is 0. The van der Waals surface area contributed by atoms with Crippen LogP contribution in [0.3, 0.4) is 0 Å². The van der Waals surface area contributed by atoms with E-state index in [2.05, 4.69) is 5.32 Å². The zero-order chi connectivity index (χ0) is 15.2. The number of carbonyl (C=O) groups is 3. The minimum atomic E-state index is -0.938. The molecule has 2 rings (SSSR count). The highest BCUT2D eigenvalue weighted by Crippen LogP contribution is 2.18. The molecule has 1 aliphatic heterocycles. The molecule has 0 radical (unpaired) electrons. The Balaban J connectivity index is 1.70. The van der Waals surface area contributed by atoms with Crippen LogP contribution in [0.25, 0.3) is 0 Å². The van der Waals surface area contributed by atoms with Crippen LogP contribution in [0.4, 0.5) is 0 Å². The Hall–Kier alpha value is -1.89. The predicted molar refractivity (Wildman–Crippen MR) is 78.3 cm³/mol. The van der Waals surface area contributed by atoms with Crippen molar-refractivity contribution < 1.29 is 19.5 Å². The maximum atomic E-state index is 12.0. The van der Waals surface area contributed by atoms with Gasteiger partial charge >= 0.3 is 5.97 Å². The third-order valence-corrected chi connectivity index (χ3v) is 4.18. The molecule has 0 bridgehead atoms. The molecule has 7 heteroatoms.